The smallest absolute Gasteiger partial charge is 0.274 e. The normalized spacial score (nSPS) is 16.5. The highest BCUT2D eigenvalue weighted by atomic mass is 16.6. The zero-order valence-corrected chi connectivity index (χ0v) is 16.8. The van der Waals surface area contributed by atoms with Gasteiger partial charge in [-0.1, -0.05) is 6.07 Å². The van der Waals surface area contributed by atoms with Crippen LogP contribution in [0.5, 0.6) is 11.5 Å². The molecule has 10 heteroatoms. The van der Waals surface area contributed by atoms with Crippen LogP contribution in [-0.2, 0) is 14.2 Å². The quantitative estimate of drug-likeness (QED) is 0.355. The number of nitrogens with one attached hydrogen (secondary N) is 1. The summed E-state index contributed by atoms with van der Waals surface area (Å²) in [6, 6.07) is 7.63. The molecular formula is C21H22N2O8. The molecule has 1 aliphatic heterocycles. The Hall–Kier alpha value is -3.21. The lowest BCUT2D eigenvalue weighted by Crippen LogP contribution is -2.15. The van der Waals surface area contributed by atoms with Gasteiger partial charge in [0.1, 0.15) is 24.7 Å². The number of hydrogen-bond donors (Lipinski definition) is 1. The van der Waals surface area contributed by atoms with E-state index in [1.54, 1.807) is 18.2 Å². The van der Waals surface area contributed by atoms with Crippen LogP contribution in [0.25, 0.3) is 21.8 Å². The van der Waals surface area contributed by atoms with Crippen molar-refractivity contribution in [2.75, 3.05) is 52.9 Å². The SMILES string of the molecule is O=c1c2cccc3c2[nH]c2c(cc([N+](=O)[O-])cc12)OCCOCCOCCOCCO3. The van der Waals surface area contributed by atoms with Crippen molar-refractivity contribution in [2.24, 2.45) is 0 Å². The Morgan fingerprint density at radius 3 is 2.00 bits per heavy atom. The van der Waals surface area contributed by atoms with Crippen LogP contribution >= 0.6 is 0 Å². The van der Waals surface area contributed by atoms with E-state index in [-0.39, 0.29) is 42.1 Å². The number of aromatic nitrogens is 1. The van der Waals surface area contributed by atoms with E-state index in [2.05, 4.69) is 4.98 Å². The zero-order valence-electron chi connectivity index (χ0n) is 16.8. The summed E-state index contributed by atoms with van der Waals surface area (Å²) in [5.74, 6) is 0.674. The molecule has 0 saturated carbocycles. The maximum atomic E-state index is 13.1. The molecule has 1 aromatic heterocycles. The number of pyridine rings is 1. The maximum Gasteiger partial charge on any atom is 0.274 e. The van der Waals surface area contributed by atoms with E-state index >= 15 is 0 Å². The van der Waals surface area contributed by atoms with Crippen LogP contribution in [0.4, 0.5) is 5.69 Å². The molecule has 10 nitrogen and oxygen atoms in total. The maximum absolute atomic E-state index is 13.1. The zero-order chi connectivity index (χ0) is 21.6. The third-order valence-electron chi connectivity index (χ3n) is 4.78. The minimum atomic E-state index is -0.554. The first kappa shape index (κ1) is 21.0. The molecule has 2 heterocycles. The highest BCUT2D eigenvalue weighted by Gasteiger charge is 2.18. The lowest BCUT2D eigenvalue weighted by molar-refractivity contribution is -0.384. The predicted molar refractivity (Wildman–Crippen MR) is 112 cm³/mol. The van der Waals surface area contributed by atoms with Gasteiger partial charge in [-0.3, -0.25) is 14.9 Å². The molecule has 31 heavy (non-hydrogen) atoms. The molecule has 0 fully saturated rings. The Bertz CT molecular complexity index is 1140. The van der Waals surface area contributed by atoms with E-state index in [9.17, 15) is 14.9 Å². The monoisotopic (exact) mass is 430 g/mol. The number of rotatable bonds is 1. The lowest BCUT2D eigenvalue weighted by atomic mass is 10.1. The Morgan fingerprint density at radius 1 is 0.774 bits per heavy atom. The van der Waals surface area contributed by atoms with Crippen LogP contribution in [0.3, 0.4) is 0 Å². The summed E-state index contributed by atoms with van der Waals surface area (Å²) in [5.41, 5.74) is 0.273. The number of nitro groups is 1. The van der Waals surface area contributed by atoms with E-state index in [0.717, 1.165) is 0 Å². The molecule has 164 valence electrons. The second kappa shape index (κ2) is 9.73. The van der Waals surface area contributed by atoms with Crippen molar-refractivity contribution in [3.63, 3.8) is 0 Å². The van der Waals surface area contributed by atoms with Gasteiger partial charge < -0.3 is 28.7 Å². The Balaban J connectivity index is 1.81. The van der Waals surface area contributed by atoms with Crippen molar-refractivity contribution in [3.8, 4) is 11.5 Å². The Morgan fingerprint density at radius 2 is 1.35 bits per heavy atom. The third kappa shape index (κ3) is 4.76. The van der Waals surface area contributed by atoms with E-state index in [1.165, 1.54) is 12.1 Å². The van der Waals surface area contributed by atoms with E-state index in [1.807, 2.05) is 0 Å². The largest absolute Gasteiger partial charge is 0.489 e. The van der Waals surface area contributed by atoms with Gasteiger partial charge in [0.2, 0.25) is 0 Å². The van der Waals surface area contributed by atoms with Crippen LogP contribution in [0.1, 0.15) is 0 Å². The van der Waals surface area contributed by atoms with Crippen LogP contribution in [0, 0.1) is 10.1 Å². The molecular weight excluding hydrogens is 408 g/mol. The van der Waals surface area contributed by atoms with E-state index in [4.69, 9.17) is 23.7 Å². The highest BCUT2D eigenvalue weighted by molar-refractivity contribution is 5.98. The molecule has 0 atom stereocenters. The van der Waals surface area contributed by atoms with Gasteiger partial charge in [-0.2, -0.15) is 0 Å². The minimum Gasteiger partial charge on any atom is -0.489 e. The molecule has 0 aliphatic carbocycles. The minimum absolute atomic E-state index is 0.150. The molecule has 1 N–H and O–H groups in total. The average molecular weight is 430 g/mol. The number of H-pyrrole nitrogens is 1. The number of aromatic amines is 1. The van der Waals surface area contributed by atoms with Gasteiger partial charge in [0.05, 0.1) is 67.1 Å². The summed E-state index contributed by atoms with van der Waals surface area (Å²) in [5, 5.41) is 11.9. The van der Waals surface area contributed by atoms with Gasteiger partial charge in [-0.15, -0.1) is 0 Å². The van der Waals surface area contributed by atoms with Crippen molar-refractivity contribution < 1.29 is 28.6 Å². The number of nitro benzene ring substituents is 1. The van der Waals surface area contributed by atoms with Gasteiger partial charge in [0, 0.05) is 11.5 Å². The van der Waals surface area contributed by atoms with Crippen molar-refractivity contribution in [3.05, 3.63) is 50.7 Å². The first-order valence-electron chi connectivity index (χ1n) is 9.91. The fourth-order valence-corrected chi connectivity index (χ4v) is 3.33. The van der Waals surface area contributed by atoms with Crippen LogP contribution in [0.15, 0.2) is 35.1 Å². The summed E-state index contributed by atoms with van der Waals surface area (Å²) in [4.78, 5) is 27.2. The standard InChI is InChI=1S/C21H22N2O8/c24-21-15-2-1-3-17-19(15)22-20-16(21)12-14(23(25)26)13-18(20)31-11-9-29-7-5-27-4-6-28-8-10-30-17/h1-3,12-13H,4-11H2,(H,22,24). The van der Waals surface area contributed by atoms with Gasteiger partial charge in [0.15, 0.2) is 5.43 Å². The molecule has 4 rings (SSSR count). The molecule has 3 aromatic rings. The summed E-state index contributed by atoms with van der Waals surface area (Å²) in [6.07, 6.45) is 0. The van der Waals surface area contributed by atoms with Crippen molar-refractivity contribution >= 4 is 27.5 Å². The average Bonchev–Trinajstić information content (AvgIpc) is 2.76. The summed E-state index contributed by atoms with van der Waals surface area (Å²) < 4.78 is 27.9. The topological polar surface area (TPSA) is 122 Å². The molecule has 0 radical (unpaired) electrons. The van der Waals surface area contributed by atoms with Crippen molar-refractivity contribution in [1.29, 1.82) is 0 Å². The second-order valence-electron chi connectivity index (χ2n) is 6.79. The summed E-state index contributed by atoms with van der Waals surface area (Å²) in [7, 11) is 0. The van der Waals surface area contributed by atoms with Crippen LogP contribution in [-0.4, -0.2) is 62.8 Å². The fourth-order valence-electron chi connectivity index (χ4n) is 3.33. The van der Waals surface area contributed by atoms with Crippen molar-refractivity contribution in [2.45, 2.75) is 0 Å². The van der Waals surface area contributed by atoms with Gasteiger partial charge in [-0.05, 0) is 12.1 Å². The van der Waals surface area contributed by atoms with Crippen LogP contribution in [0.2, 0.25) is 0 Å². The fraction of sp³-hybridized carbons (Fsp3) is 0.381. The molecule has 2 bridgehead atoms. The molecule has 0 saturated heterocycles. The number of para-hydroxylation sites is 1. The molecule has 0 unspecified atom stereocenters. The molecule has 0 spiro atoms. The first-order valence-corrected chi connectivity index (χ1v) is 9.91. The van der Waals surface area contributed by atoms with E-state index < -0.39 is 4.92 Å². The first-order chi connectivity index (χ1) is 15.1. The number of nitrogens with zero attached hydrogens (tertiary/aromatic N) is 1. The number of benzene rings is 2. The van der Waals surface area contributed by atoms with Crippen LogP contribution < -0.4 is 14.9 Å². The Kier molecular flexibility index (Phi) is 6.60. The summed E-state index contributed by atoms with van der Waals surface area (Å²) >= 11 is 0. The molecule has 1 aliphatic rings. The van der Waals surface area contributed by atoms with Crippen molar-refractivity contribution in [1.82, 2.24) is 4.98 Å². The highest BCUT2D eigenvalue weighted by Crippen LogP contribution is 2.32. The molecule has 0 amide bonds. The van der Waals surface area contributed by atoms with Gasteiger partial charge >= 0.3 is 0 Å². The number of hydrogen-bond acceptors (Lipinski definition) is 8. The second-order valence-corrected chi connectivity index (χ2v) is 6.79. The van der Waals surface area contributed by atoms with Gasteiger partial charge in [-0.25, -0.2) is 0 Å². The summed E-state index contributed by atoms with van der Waals surface area (Å²) in [6.45, 7) is 2.72. The lowest BCUT2D eigenvalue weighted by Gasteiger charge is -2.14. The third-order valence-corrected chi connectivity index (χ3v) is 4.78. The number of non-ortho nitro benzene ring substituents is 1. The Labute approximate surface area is 176 Å². The van der Waals surface area contributed by atoms with E-state index in [0.29, 0.717) is 55.2 Å². The van der Waals surface area contributed by atoms with Gasteiger partial charge in [0.25, 0.3) is 5.69 Å². The molecule has 2 aromatic carbocycles. The predicted octanol–water partition coefficient (Wildman–Crippen LogP) is 2.41. The number of ether oxygens (including phenoxy) is 5.